The number of rotatable bonds is 3. The van der Waals surface area contributed by atoms with Crippen LogP contribution in [0.4, 0.5) is 17.1 Å². The van der Waals surface area contributed by atoms with Gasteiger partial charge < -0.3 is 16.6 Å². The number of aliphatic hydroxyl groups is 1. The van der Waals surface area contributed by atoms with E-state index in [0.717, 1.165) is 0 Å². The van der Waals surface area contributed by atoms with Gasteiger partial charge in [0.1, 0.15) is 0 Å². The van der Waals surface area contributed by atoms with Crippen LogP contribution in [-0.4, -0.2) is 16.6 Å². The van der Waals surface area contributed by atoms with E-state index in [1.807, 2.05) is 0 Å². The van der Waals surface area contributed by atoms with Crippen LogP contribution in [0.15, 0.2) is 12.1 Å². The highest BCUT2D eigenvalue weighted by Gasteiger charge is 2.12. The number of benzene rings is 1. The number of anilines is 2. The molecule has 0 fully saturated rings. The summed E-state index contributed by atoms with van der Waals surface area (Å²) < 4.78 is 0. The summed E-state index contributed by atoms with van der Waals surface area (Å²) >= 11 is 0. The third-order valence-electron chi connectivity index (χ3n) is 1.88. The fourth-order valence-electron chi connectivity index (χ4n) is 1.21. The Kier molecular flexibility index (Phi) is 2.88. The second-order valence-electron chi connectivity index (χ2n) is 2.83. The largest absolute Gasteiger partial charge is 0.398 e. The van der Waals surface area contributed by atoms with Gasteiger partial charge in [0.25, 0.3) is 5.69 Å². The molecule has 0 atom stereocenters. The first-order valence-corrected chi connectivity index (χ1v) is 3.99. The van der Waals surface area contributed by atoms with Crippen molar-refractivity contribution in [2.45, 2.75) is 6.42 Å². The van der Waals surface area contributed by atoms with Crippen molar-refractivity contribution < 1.29 is 10.0 Å². The van der Waals surface area contributed by atoms with E-state index in [2.05, 4.69) is 0 Å². The Balaban J connectivity index is 3.18. The Morgan fingerprint density at radius 3 is 2.21 bits per heavy atom. The highest BCUT2D eigenvalue weighted by molar-refractivity contribution is 5.66. The molecule has 0 aliphatic rings. The van der Waals surface area contributed by atoms with Crippen molar-refractivity contribution in [3.8, 4) is 0 Å². The zero-order valence-electron chi connectivity index (χ0n) is 7.43. The maximum absolute atomic E-state index is 10.4. The Morgan fingerprint density at radius 1 is 1.36 bits per heavy atom. The van der Waals surface area contributed by atoms with Gasteiger partial charge in [-0.1, -0.05) is 0 Å². The molecule has 0 aliphatic carbocycles. The number of nitrogens with two attached hydrogens (primary N) is 2. The van der Waals surface area contributed by atoms with Crippen molar-refractivity contribution in [1.29, 1.82) is 0 Å². The number of hydrogen-bond donors (Lipinski definition) is 3. The van der Waals surface area contributed by atoms with Crippen LogP contribution in [0.1, 0.15) is 5.56 Å². The zero-order chi connectivity index (χ0) is 10.7. The zero-order valence-corrected chi connectivity index (χ0v) is 7.43. The van der Waals surface area contributed by atoms with Gasteiger partial charge in [0, 0.05) is 35.7 Å². The van der Waals surface area contributed by atoms with E-state index in [1.165, 1.54) is 12.1 Å². The third kappa shape index (κ3) is 1.91. The van der Waals surface area contributed by atoms with E-state index in [-0.39, 0.29) is 23.7 Å². The lowest BCUT2D eigenvalue weighted by molar-refractivity contribution is -0.384. The Hall–Kier alpha value is -1.82. The molecule has 0 unspecified atom stereocenters. The van der Waals surface area contributed by atoms with Gasteiger partial charge in [0.2, 0.25) is 0 Å². The van der Waals surface area contributed by atoms with Crippen molar-refractivity contribution >= 4 is 17.1 Å². The van der Waals surface area contributed by atoms with Gasteiger partial charge in [0.15, 0.2) is 0 Å². The molecule has 1 rings (SSSR count). The van der Waals surface area contributed by atoms with Gasteiger partial charge in [-0.15, -0.1) is 0 Å². The van der Waals surface area contributed by atoms with Crippen LogP contribution < -0.4 is 11.5 Å². The van der Waals surface area contributed by atoms with Crippen LogP contribution in [0.2, 0.25) is 0 Å². The quantitative estimate of drug-likeness (QED) is 0.366. The molecule has 6 heteroatoms. The fraction of sp³-hybridized carbons (Fsp3) is 0.250. The molecular formula is C8H11N3O3. The molecular weight excluding hydrogens is 186 g/mol. The molecule has 0 heterocycles. The first-order chi connectivity index (χ1) is 6.56. The number of nitro benzene ring substituents is 1. The van der Waals surface area contributed by atoms with Crippen LogP contribution in [0, 0.1) is 10.1 Å². The molecule has 6 nitrogen and oxygen atoms in total. The van der Waals surface area contributed by atoms with Gasteiger partial charge in [0.05, 0.1) is 4.92 Å². The van der Waals surface area contributed by atoms with E-state index < -0.39 is 4.92 Å². The number of nitro groups is 1. The lowest BCUT2D eigenvalue weighted by Crippen LogP contribution is -2.04. The monoisotopic (exact) mass is 197 g/mol. The summed E-state index contributed by atoms with van der Waals surface area (Å²) in [5, 5.41) is 19.1. The lowest BCUT2D eigenvalue weighted by atomic mass is 10.1. The SMILES string of the molecule is Nc1cc([N+](=O)[O-])cc(N)c1CCO. The van der Waals surface area contributed by atoms with Crippen LogP contribution in [0.3, 0.4) is 0 Å². The Bertz CT molecular complexity index is 342. The van der Waals surface area contributed by atoms with Crippen molar-refractivity contribution in [3.05, 3.63) is 27.8 Å². The molecule has 0 amide bonds. The Morgan fingerprint density at radius 2 is 1.86 bits per heavy atom. The molecule has 1 aromatic carbocycles. The first-order valence-electron chi connectivity index (χ1n) is 3.99. The molecule has 0 saturated carbocycles. The predicted octanol–water partition coefficient (Wildman–Crippen LogP) is 0.294. The number of nitrogens with zero attached hydrogens (tertiary/aromatic N) is 1. The highest BCUT2D eigenvalue weighted by Crippen LogP contribution is 2.26. The van der Waals surface area contributed by atoms with Gasteiger partial charge >= 0.3 is 0 Å². The minimum absolute atomic E-state index is 0.0911. The van der Waals surface area contributed by atoms with Crippen molar-refractivity contribution in [2.24, 2.45) is 0 Å². The minimum Gasteiger partial charge on any atom is -0.398 e. The standard InChI is InChI=1S/C8H11N3O3/c9-7-3-5(11(13)14)4-8(10)6(7)1-2-12/h3-4,12H,1-2,9-10H2. The second kappa shape index (κ2) is 3.93. The predicted molar refractivity (Wildman–Crippen MR) is 52.7 cm³/mol. The highest BCUT2D eigenvalue weighted by atomic mass is 16.6. The van der Waals surface area contributed by atoms with Gasteiger partial charge in [-0.05, 0) is 6.42 Å². The van der Waals surface area contributed by atoms with Gasteiger partial charge in [-0.2, -0.15) is 0 Å². The molecule has 5 N–H and O–H groups in total. The number of nitrogen functional groups attached to an aromatic ring is 2. The molecule has 0 saturated heterocycles. The second-order valence-corrected chi connectivity index (χ2v) is 2.83. The molecule has 0 bridgehead atoms. The minimum atomic E-state index is -0.560. The molecule has 0 spiro atoms. The van der Waals surface area contributed by atoms with Crippen LogP contribution in [0.25, 0.3) is 0 Å². The Labute approximate surface area is 80.3 Å². The van der Waals surface area contributed by atoms with Crippen LogP contribution >= 0.6 is 0 Å². The summed E-state index contributed by atoms with van der Waals surface area (Å²) in [5.74, 6) is 0. The summed E-state index contributed by atoms with van der Waals surface area (Å²) in [7, 11) is 0. The third-order valence-corrected chi connectivity index (χ3v) is 1.88. The average Bonchev–Trinajstić information content (AvgIpc) is 2.10. The number of non-ortho nitro benzene ring substituents is 1. The lowest BCUT2D eigenvalue weighted by Gasteiger charge is -2.07. The summed E-state index contributed by atoms with van der Waals surface area (Å²) in [5.41, 5.74) is 12.0. The fourth-order valence-corrected chi connectivity index (χ4v) is 1.21. The van der Waals surface area contributed by atoms with Gasteiger partial charge in [-0.25, -0.2) is 0 Å². The van der Waals surface area contributed by atoms with Gasteiger partial charge in [-0.3, -0.25) is 10.1 Å². The smallest absolute Gasteiger partial charge is 0.273 e. The van der Waals surface area contributed by atoms with E-state index >= 15 is 0 Å². The molecule has 76 valence electrons. The average molecular weight is 197 g/mol. The van der Waals surface area contributed by atoms with Crippen molar-refractivity contribution in [2.75, 3.05) is 18.1 Å². The normalized spacial score (nSPS) is 10.1. The van der Waals surface area contributed by atoms with E-state index in [0.29, 0.717) is 12.0 Å². The molecule has 14 heavy (non-hydrogen) atoms. The van der Waals surface area contributed by atoms with E-state index in [4.69, 9.17) is 16.6 Å². The maximum Gasteiger partial charge on any atom is 0.273 e. The summed E-state index contributed by atoms with van der Waals surface area (Å²) in [6.45, 7) is -0.0911. The summed E-state index contributed by atoms with van der Waals surface area (Å²) in [6, 6.07) is 2.47. The van der Waals surface area contributed by atoms with Crippen molar-refractivity contribution in [1.82, 2.24) is 0 Å². The van der Waals surface area contributed by atoms with Crippen LogP contribution in [-0.2, 0) is 6.42 Å². The maximum atomic E-state index is 10.4. The van der Waals surface area contributed by atoms with Crippen LogP contribution in [0.5, 0.6) is 0 Å². The van der Waals surface area contributed by atoms with E-state index in [9.17, 15) is 10.1 Å². The molecule has 0 aromatic heterocycles. The number of hydrogen-bond acceptors (Lipinski definition) is 5. The number of aliphatic hydroxyl groups excluding tert-OH is 1. The summed E-state index contributed by atoms with van der Waals surface area (Å²) in [4.78, 5) is 9.86. The van der Waals surface area contributed by atoms with E-state index in [1.54, 1.807) is 0 Å². The topological polar surface area (TPSA) is 115 Å². The summed E-state index contributed by atoms with van der Waals surface area (Å²) in [6.07, 6.45) is 0.301. The molecule has 0 aliphatic heterocycles. The molecule has 1 aromatic rings. The van der Waals surface area contributed by atoms with Crippen molar-refractivity contribution in [3.63, 3.8) is 0 Å². The molecule has 0 radical (unpaired) electrons. The first kappa shape index (κ1) is 10.3.